The molecule has 1 aliphatic carbocycles. The van der Waals surface area contributed by atoms with E-state index >= 15 is 0 Å². The molecule has 0 bridgehead atoms. The Morgan fingerprint density at radius 3 is 2.55 bits per heavy atom. The molecule has 0 N–H and O–H groups in total. The van der Waals surface area contributed by atoms with Crippen molar-refractivity contribution in [2.24, 2.45) is 5.41 Å². The first-order valence-corrected chi connectivity index (χ1v) is 10.9. The van der Waals surface area contributed by atoms with E-state index in [9.17, 15) is 4.79 Å². The molecule has 1 spiro atoms. The van der Waals surface area contributed by atoms with E-state index in [1.165, 1.54) is 29.5 Å². The van der Waals surface area contributed by atoms with E-state index in [1.807, 2.05) is 42.2 Å². The molecule has 5 rings (SSSR count). The number of benzene rings is 2. The quantitative estimate of drug-likeness (QED) is 0.728. The van der Waals surface area contributed by atoms with Gasteiger partial charge in [0.25, 0.3) is 0 Å². The van der Waals surface area contributed by atoms with Crippen molar-refractivity contribution in [3.05, 3.63) is 59.2 Å². The maximum atomic E-state index is 12.6. The van der Waals surface area contributed by atoms with Crippen LogP contribution in [0.3, 0.4) is 0 Å². The molecule has 1 saturated carbocycles. The third-order valence-corrected chi connectivity index (χ3v) is 6.65. The molecule has 1 amide bonds. The number of aryl methyl sites for hydroxylation is 1. The monoisotopic (exact) mass is 390 g/mol. The van der Waals surface area contributed by atoms with Crippen molar-refractivity contribution in [3.8, 4) is 5.75 Å². The predicted molar refractivity (Wildman–Crippen MR) is 115 cm³/mol. The molecular weight excluding hydrogens is 360 g/mol. The lowest BCUT2D eigenvalue weighted by atomic mass is 9.78. The molecule has 0 radical (unpaired) electrons. The molecule has 0 unspecified atom stereocenters. The first-order valence-electron chi connectivity index (χ1n) is 10.9. The van der Waals surface area contributed by atoms with Crippen LogP contribution in [-0.2, 0) is 11.3 Å². The zero-order valence-electron chi connectivity index (χ0n) is 17.5. The lowest BCUT2D eigenvalue weighted by Gasteiger charge is -2.47. The lowest BCUT2D eigenvalue weighted by molar-refractivity contribution is -0.119. The Bertz CT molecular complexity index is 914. The highest BCUT2D eigenvalue weighted by molar-refractivity contribution is 5.96. The molecule has 4 nitrogen and oxygen atoms in total. The van der Waals surface area contributed by atoms with Gasteiger partial charge in [-0.15, -0.1) is 0 Å². The van der Waals surface area contributed by atoms with Crippen molar-refractivity contribution in [1.82, 2.24) is 4.90 Å². The van der Waals surface area contributed by atoms with Gasteiger partial charge in [-0.2, -0.15) is 0 Å². The third-order valence-electron chi connectivity index (χ3n) is 6.65. The summed E-state index contributed by atoms with van der Waals surface area (Å²) in [5, 5.41) is 0. The van der Waals surface area contributed by atoms with Crippen molar-refractivity contribution in [2.75, 3.05) is 31.1 Å². The zero-order chi connectivity index (χ0) is 20.0. The minimum absolute atomic E-state index is 0.125. The van der Waals surface area contributed by atoms with Crippen molar-refractivity contribution >= 4 is 11.6 Å². The molecule has 2 aromatic rings. The largest absolute Gasteiger partial charge is 0.494 e. The molecule has 2 heterocycles. The van der Waals surface area contributed by atoms with Crippen LogP contribution in [-0.4, -0.2) is 37.0 Å². The molecule has 2 aromatic carbocycles. The summed E-state index contributed by atoms with van der Waals surface area (Å²) in [5.74, 6) is 2.02. The van der Waals surface area contributed by atoms with Gasteiger partial charge in [-0.25, -0.2) is 0 Å². The number of nitrogens with zero attached hydrogens (tertiary/aromatic N) is 2. The van der Waals surface area contributed by atoms with Crippen LogP contribution in [0.25, 0.3) is 0 Å². The van der Waals surface area contributed by atoms with Crippen LogP contribution < -0.4 is 9.64 Å². The minimum atomic E-state index is 0.125. The molecule has 2 saturated heterocycles. The second-order valence-electron chi connectivity index (χ2n) is 9.16. The summed E-state index contributed by atoms with van der Waals surface area (Å²) in [6, 6.07) is 14.7. The predicted octanol–water partition coefficient (Wildman–Crippen LogP) is 4.51. The van der Waals surface area contributed by atoms with E-state index < -0.39 is 0 Å². The Kier molecular flexibility index (Phi) is 4.62. The molecule has 0 aromatic heterocycles. The second-order valence-corrected chi connectivity index (χ2v) is 9.16. The Balaban J connectivity index is 1.28. The minimum Gasteiger partial charge on any atom is -0.494 e. The number of hydrogen-bond acceptors (Lipinski definition) is 3. The van der Waals surface area contributed by atoms with E-state index in [2.05, 4.69) is 24.0 Å². The molecule has 152 valence electrons. The topological polar surface area (TPSA) is 32.8 Å². The van der Waals surface area contributed by atoms with Gasteiger partial charge < -0.3 is 9.64 Å². The first kappa shape index (κ1) is 18.7. The number of carbonyl (C=O) groups is 1. The maximum absolute atomic E-state index is 12.6. The van der Waals surface area contributed by atoms with Crippen molar-refractivity contribution in [2.45, 2.75) is 45.6 Å². The average molecular weight is 391 g/mol. The summed E-state index contributed by atoms with van der Waals surface area (Å²) in [7, 11) is 0. The number of amides is 1. The fraction of sp³-hybridized carbons (Fsp3) is 0.480. The highest BCUT2D eigenvalue weighted by atomic mass is 16.5. The number of para-hydroxylation sites is 1. The van der Waals surface area contributed by atoms with Crippen LogP contribution in [0.15, 0.2) is 42.5 Å². The van der Waals surface area contributed by atoms with E-state index in [4.69, 9.17) is 4.74 Å². The third kappa shape index (κ3) is 3.55. The Labute approximate surface area is 173 Å². The molecule has 3 fully saturated rings. The zero-order valence-corrected chi connectivity index (χ0v) is 17.5. The van der Waals surface area contributed by atoms with Crippen molar-refractivity contribution in [3.63, 3.8) is 0 Å². The molecule has 29 heavy (non-hydrogen) atoms. The summed E-state index contributed by atoms with van der Waals surface area (Å²) < 4.78 is 5.87. The van der Waals surface area contributed by atoms with E-state index in [0.717, 1.165) is 43.5 Å². The van der Waals surface area contributed by atoms with Crippen molar-refractivity contribution < 1.29 is 9.53 Å². The SMILES string of the molecule is CCOc1cc(CN2CC3(CC(=O)N(c4ccccc4)C3)C2)c(C2CC2)cc1C. The van der Waals surface area contributed by atoms with Gasteiger partial charge in [-0.1, -0.05) is 24.3 Å². The number of hydrogen-bond donors (Lipinski definition) is 0. The number of rotatable bonds is 6. The summed E-state index contributed by atoms with van der Waals surface area (Å²) in [6.07, 6.45) is 3.29. The van der Waals surface area contributed by atoms with Gasteiger partial charge in [-0.05, 0) is 67.5 Å². The van der Waals surface area contributed by atoms with Gasteiger partial charge in [0.05, 0.1) is 6.61 Å². The smallest absolute Gasteiger partial charge is 0.227 e. The van der Waals surface area contributed by atoms with Crippen LogP contribution in [0.4, 0.5) is 5.69 Å². The number of anilines is 1. The van der Waals surface area contributed by atoms with Gasteiger partial charge >= 0.3 is 0 Å². The van der Waals surface area contributed by atoms with Crippen LogP contribution in [0, 0.1) is 12.3 Å². The van der Waals surface area contributed by atoms with Crippen LogP contribution in [0.5, 0.6) is 5.75 Å². The summed E-state index contributed by atoms with van der Waals surface area (Å²) in [5.41, 5.74) is 5.34. The highest BCUT2D eigenvalue weighted by Crippen LogP contribution is 2.46. The maximum Gasteiger partial charge on any atom is 0.227 e. The second kappa shape index (κ2) is 7.17. The van der Waals surface area contributed by atoms with Gasteiger partial charge in [0.15, 0.2) is 0 Å². The number of ether oxygens (including phenoxy) is 1. The molecule has 4 heteroatoms. The molecule has 3 aliphatic rings. The normalized spacial score (nSPS) is 20.9. The van der Waals surface area contributed by atoms with Crippen LogP contribution >= 0.6 is 0 Å². The first-order chi connectivity index (χ1) is 14.1. The van der Waals surface area contributed by atoms with Gasteiger partial charge in [-0.3, -0.25) is 9.69 Å². The fourth-order valence-electron chi connectivity index (χ4n) is 5.18. The summed E-state index contributed by atoms with van der Waals surface area (Å²) in [4.78, 5) is 17.1. The van der Waals surface area contributed by atoms with Gasteiger partial charge in [0.1, 0.15) is 5.75 Å². The number of carbonyl (C=O) groups excluding carboxylic acids is 1. The highest BCUT2D eigenvalue weighted by Gasteiger charge is 2.51. The summed E-state index contributed by atoms with van der Waals surface area (Å²) in [6.45, 7) is 8.72. The Morgan fingerprint density at radius 2 is 1.86 bits per heavy atom. The number of likely N-dealkylation sites (tertiary alicyclic amines) is 1. The van der Waals surface area contributed by atoms with Gasteiger partial charge in [0.2, 0.25) is 5.91 Å². The fourth-order valence-corrected chi connectivity index (χ4v) is 5.18. The molecular formula is C25H30N2O2. The Morgan fingerprint density at radius 1 is 1.10 bits per heavy atom. The summed E-state index contributed by atoms with van der Waals surface area (Å²) >= 11 is 0. The Hall–Kier alpha value is -2.33. The van der Waals surface area contributed by atoms with Crippen LogP contribution in [0.1, 0.15) is 48.8 Å². The molecule has 2 aliphatic heterocycles. The average Bonchev–Trinajstić information content (AvgIpc) is 3.47. The van der Waals surface area contributed by atoms with Crippen LogP contribution in [0.2, 0.25) is 0 Å². The standard InChI is InChI=1S/C25H30N2O2/c1-3-29-23-12-20(22(11-18(23)2)19-9-10-19)14-26-15-25(16-26)13-24(28)27(17-25)21-7-5-4-6-8-21/h4-8,11-12,19H,3,9-10,13-17H2,1-2H3. The molecule has 0 atom stereocenters. The van der Waals surface area contributed by atoms with E-state index in [0.29, 0.717) is 13.0 Å². The van der Waals surface area contributed by atoms with Crippen molar-refractivity contribution in [1.29, 1.82) is 0 Å². The van der Waals surface area contributed by atoms with E-state index in [-0.39, 0.29) is 11.3 Å². The van der Waals surface area contributed by atoms with Gasteiger partial charge in [0, 0.05) is 43.7 Å². The van der Waals surface area contributed by atoms with E-state index in [1.54, 1.807) is 0 Å². The lowest BCUT2D eigenvalue weighted by Crippen LogP contribution is -2.56.